The maximum Gasteiger partial charge on any atom is 0.0165 e. The third kappa shape index (κ3) is 3.92. The number of hydrogen-bond donors (Lipinski definition) is 1. The first-order chi connectivity index (χ1) is 6.22. The first kappa shape index (κ1) is 10.7. The highest BCUT2D eigenvalue weighted by Crippen LogP contribution is 2.14. The number of allylic oxidation sites excluding steroid dienone is 1. The Balaban J connectivity index is 2.21. The van der Waals surface area contributed by atoms with Crippen LogP contribution in [-0.2, 0) is 0 Å². The van der Waals surface area contributed by atoms with Gasteiger partial charge in [0.2, 0.25) is 0 Å². The lowest BCUT2D eigenvalue weighted by Gasteiger charge is -2.13. The lowest BCUT2D eigenvalue weighted by molar-refractivity contribution is 0.356. The summed E-state index contributed by atoms with van der Waals surface area (Å²) in [4.78, 5) is 2.54. The minimum atomic E-state index is 0.871. The van der Waals surface area contributed by atoms with Gasteiger partial charge in [0.15, 0.2) is 0 Å². The molecule has 0 aromatic rings. The summed E-state index contributed by atoms with van der Waals surface area (Å²) in [5.74, 6) is 0.871. The molecule has 0 aromatic heterocycles. The molecule has 1 unspecified atom stereocenters. The highest BCUT2D eigenvalue weighted by molar-refractivity contribution is 4.96. The average molecular weight is 182 g/mol. The van der Waals surface area contributed by atoms with Crippen molar-refractivity contribution in [1.82, 2.24) is 10.2 Å². The van der Waals surface area contributed by atoms with Gasteiger partial charge in [-0.25, -0.2) is 0 Å². The zero-order valence-electron chi connectivity index (χ0n) is 9.14. The van der Waals surface area contributed by atoms with Crippen LogP contribution < -0.4 is 5.32 Å². The van der Waals surface area contributed by atoms with Gasteiger partial charge in [-0.05, 0) is 46.3 Å². The topological polar surface area (TPSA) is 15.3 Å². The molecule has 1 heterocycles. The number of rotatable bonds is 4. The Bertz CT molecular complexity index is 171. The first-order valence-electron chi connectivity index (χ1n) is 5.22. The van der Waals surface area contributed by atoms with Gasteiger partial charge in [0.05, 0.1) is 0 Å². The van der Waals surface area contributed by atoms with Crippen LogP contribution in [-0.4, -0.2) is 38.1 Å². The molecule has 1 rings (SSSR count). The van der Waals surface area contributed by atoms with Gasteiger partial charge in [-0.1, -0.05) is 11.6 Å². The van der Waals surface area contributed by atoms with E-state index >= 15 is 0 Å². The Kier molecular flexibility index (Phi) is 4.46. The molecule has 0 spiro atoms. The minimum absolute atomic E-state index is 0.871. The SMILES string of the molecule is CNCC1CCN(CC=C(C)C)C1. The second-order valence-electron chi connectivity index (χ2n) is 4.25. The smallest absolute Gasteiger partial charge is 0.0165 e. The molecule has 0 saturated carbocycles. The van der Waals surface area contributed by atoms with E-state index in [1.54, 1.807) is 0 Å². The van der Waals surface area contributed by atoms with E-state index in [1.807, 2.05) is 7.05 Å². The van der Waals surface area contributed by atoms with E-state index in [0.29, 0.717) is 0 Å². The minimum Gasteiger partial charge on any atom is -0.319 e. The molecule has 0 amide bonds. The van der Waals surface area contributed by atoms with Crippen LogP contribution in [0.25, 0.3) is 0 Å². The number of likely N-dealkylation sites (tertiary alicyclic amines) is 1. The van der Waals surface area contributed by atoms with E-state index in [2.05, 4.69) is 30.1 Å². The lowest BCUT2D eigenvalue weighted by atomic mass is 10.1. The van der Waals surface area contributed by atoms with Crippen LogP contribution in [0.2, 0.25) is 0 Å². The molecule has 76 valence electrons. The molecule has 1 N–H and O–H groups in total. The zero-order valence-corrected chi connectivity index (χ0v) is 9.14. The normalized spacial score (nSPS) is 23.5. The van der Waals surface area contributed by atoms with Crippen molar-refractivity contribution >= 4 is 0 Å². The monoisotopic (exact) mass is 182 g/mol. The number of nitrogens with one attached hydrogen (secondary N) is 1. The van der Waals surface area contributed by atoms with E-state index in [-0.39, 0.29) is 0 Å². The fourth-order valence-electron chi connectivity index (χ4n) is 1.85. The number of hydrogen-bond acceptors (Lipinski definition) is 2. The van der Waals surface area contributed by atoms with Gasteiger partial charge in [0.25, 0.3) is 0 Å². The van der Waals surface area contributed by atoms with Crippen molar-refractivity contribution in [2.75, 3.05) is 33.2 Å². The van der Waals surface area contributed by atoms with Gasteiger partial charge in [0, 0.05) is 13.1 Å². The second kappa shape index (κ2) is 5.40. The van der Waals surface area contributed by atoms with Gasteiger partial charge in [0.1, 0.15) is 0 Å². The predicted molar refractivity (Wildman–Crippen MR) is 57.9 cm³/mol. The van der Waals surface area contributed by atoms with Gasteiger partial charge in [-0.15, -0.1) is 0 Å². The molecule has 0 aliphatic carbocycles. The van der Waals surface area contributed by atoms with Crippen LogP contribution in [0.5, 0.6) is 0 Å². The summed E-state index contributed by atoms with van der Waals surface area (Å²) in [7, 11) is 2.04. The van der Waals surface area contributed by atoms with E-state index in [0.717, 1.165) is 12.5 Å². The Labute approximate surface area is 82.0 Å². The van der Waals surface area contributed by atoms with Crippen molar-refractivity contribution in [3.63, 3.8) is 0 Å². The summed E-state index contributed by atoms with van der Waals surface area (Å²) in [6.45, 7) is 9.19. The lowest BCUT2D eigenvalue weighted by Crippen LogP contribution is -2.24. The average Bonchev–Trinajstić information content (AvgIpc) is 2.50. The van der Waals surface area contributed by atoms with Crippen molar-refractivity contribution in [3.05, 3.63) is 11.6 Å². The van der Waals surface area contributed by atoms with Crippen LogP contribution in [0.3, 0.4) is 0 Å². The summed E-state index contributed by atoms with van der Waals surface area (Å²) in [6.07, 6.45) is 3.68. The summed E-state index contributed by atoms with van der Waals surface area (Å²) >= 11 is 0. The molecule has 2 nitrogen and oxygen atoms in total. The Morgan fingerprint density at radius 3 is 2.92 bits per heavy atom. The molecular formula is C11H22N2. The highest BCUT2D eigenvalue weighted by atomic mass is 15.1. The second-order valence-corrected chi connectivity index (χ2v) is 4.25. The van der Waals surface area contributed by atoms with Crippen LogP contribution in [0, 0.1) is 5.92 Å². The van der Waals surface area contributed by atoms with E-state index < -0.39 is 0 Å². The van der Waals surface area contributed by atoms with E-state index in [4.69, 9.17) is 0 Å². The van der Waals surface area contributed by atoms with E-state index in [1.165, 1.54) is 31.6 Å². The highest BCUT2D eigenvalue weighted by Gasteiger charge is 2.20. The van der Waals surface area contributed by atoms with Crippen molar-refractivity contribution < 1.29 is 0 Å². The molecular weight excluding hydrogens is 160 g/mol. The van der Waals surface area contributed by atoms with Crippen LogP contribution in [0.1, 0.15) is 20.3 Å². The molecule has 2 heteroatoms. The van der Waals surface area contributed by atoms with Crippen LogP contribution >= 0.6 is 0 Å². The number of nitrogens with zero attached hydrogens (tertiary/aromatic N) is 1. The molecule has 1 atom stereocenters. The summed E-state index contributed by atoms with van der Waals surface area (Å²) < 4.78 is 0. The summed E-state index contributed by atoms with van der Waals surface area (Å²) in [5, 5.41) is 3.25. The molecule has 1 aliphatic heterocycles. The predicted octanol–water partition coefficient (Wildman–Crippen LogP) is 1.49. The molecule has 1 fully saturated rings. The first-order valence-corrected chi connectivity index (χ1v) is 5.22. The van der Waals surface area contributed by atoms with Crippen molar-refractivity contribution in [1.29, 1.82) is 0 Å². The largest absolute Gasteiger partial charge is 0.319 e. The van der Waals surface area contributed by atoms with Crippen LogP contribution in [0.4, 0.5) is 0 Å². The van der Waals surface area contributed by atoms with Gasteiger partial charge in [-0.3, -0.25) is 4.90 Å². The molecule has 0 bridgehead atoms. The maximum atomic E-state index is 3.25. The van der Waals surface area contributed by atoms with E-state index in [9.17, 15) is 0 Å². The molecule has 1 saturated heterocycles. The Morgan fingerprint density at radius 2 is 2.31 bits per heavy atom. The summed E-state index contributed by atoms with van der Waals surface area (Å²) in [6, 6.07) is 0. The third-order valence-corrected chi connectivity index (χ3v) is 2.62. The van der Waals surface area contributed by atoms with Gasteiger partial charge >= 0.3 is 0 Å². The molecule has 13 heavy (non-hydrogen) atoms. The van der Waals surface area contributed by atoms with Gasteiger partial charge in [-0.2, -0.15) is 0 Å². The fraction of sp³-hybridized carbons (Fsp3) is 0.818. The third-order valence-electron chi connectivity index (χ3n) is 2.62. The zero-order chi connectivity index (χ0) is 9.68. The Hall–Kier alpha value is -0.340. The van der Waals surface area contributed by atoms with Gasteiger partial charge < -0.3 is 5.32 Å². The van der Waals surface area contributed by atoms with Crippen molar-refractivity contribution in [2.24, 2.45) is 5.92 Å². The quantitative estimate of drug-likeness (QED) is 0.663. The van der Waals surface area contributed by atoms with Crippen molar-refractivity contribution in [3.8, 4) is 0 Å². The van der Waals surface area contributed by atoms with Crippen molar-refractivity contribution in [2.45, 2.75) is 20.3 Å². The standard InChI is InChI=1S/C11H22N2/c1-10(2)4-6-13-7-5-11(9-13)8-12-3/h4,11-12H,5-9H2,1-3H3. The molecule has 0 radical (unpaired) electrons. The maximum absolute atomic E-state index is 3.25. The Morgan fingerprint density at radius 1 is 1.54 bits per heavy atom. The summed E-state index contributed by atoms with van der Waals surface area (Å²) in [5.41, 5.74) is 1.43. The fourth-order valence-corrected chi connectivity index (χ4v) is 1.85. The molecule has 0 aromatic carbocycles. The molecule has 1 aliphatic rings. The van der Waals surface area contributed by atoms with Crippen LogP contribution in [0.15, 0.2) is 11.6 Å².